The van der Waals surface area contributed by atoms with E-state index >= 15 is 0 Å². The predicted octanol–water partition coefficient (Wildman–Crippen LogP) is 2.60. The molecule has 2 bridgehead atoms. The van der Waals surface area contributed by atoms with E-state index in [9.17, 15) is 18.9 Å². The molecule has 19 heavy (non-hydrogen) atoms. The van der Waals surface area contributed by atoms with Crippen LogP contribution < -0.4 is 5.32 Å². The molecule has 1 aromatic rings. The monoisotopic (exact) mass is 270 g/mol. The van der Waals surface area contributed by atoms with E-state index in [-0.39, 0.29) is 23.9 Å². The van der Waals surface area contributed by atoms with Crippen molar-refractivity contribution in [3.63, 3.8) is 0 Å². The maximum Gasteiger partial charge on any atom is 0.275 e. The largest absolute Gasteiger partial charge is 0.375 e. The maximum atomic E-state index is 13.7. The van der Waals surface area contributed by atoms with Gasteiger partial charge in [0.1, 0.15) is 5.69 Å². The van der Waals surface area contributed by atoms with Crippen LogP contribution in [-0.2, 0) is 4.74 Å². The summed E-state index contributed by atoms with van der Waals surface area (Å²) in [5, 5.41) is 13.3. The van der Waals surface area contributed by atoms with Crippen molar-refractivity contribution in [3.05, 3.63) is 33.9 Å². The predicted molar refractivity (Wildman–Crippen MR) is 62.9 cm³/mol. The van der Waals surface area contributed by atoms with Crippen molar-refractivity contribution in [2.75, 3.05) is 5.32 Å². The number of non-ortho nitro benzene ring substituents is 1. The minimum absolute atomic E-state index is 0.0287. The van der Waals surface area contributed by atoms with Gasteiger partial charge in [0.2, 0.25) is 0 Å². The fraction of sp³-hybridized carbons (Fsp3) is 0.500. The molecule has 1 aromatic carbocycles. The van der Waals surface area contributed by atoms with Gasteiger partial charge < -0.3 is 10.1 Å². The summed E-state index contributed by atoms with van der Waals surface area (Å²) in [6.07, 6.45) is 2.69. The van der Waals surface area contributed by atoms with Crippen molar-refractivity contribution in [1.29, 1.82) is 0 Å². The van der Waals surface area contributed by atoms with E-state index in [0.717, 1.165) is 25.0 Å². The molecule has 0 spiro atoms. The molecule has 7 heteroatoms. The van der Waals surface area contributed by atoms with Crippen molar-refractivity contribution in [3.8, 4) is 0 Å². The average molecular weight is 270 g/mol. The number of fused-ring (bicyclic) bond motifs is 2. The van der Waals surface area contributed by atoms with Gasteiger partial charge in [-0.3, -0.25) is 10.1 Å². The number of halogens is 2. The van der Waals surface area contributed by atoms with Crippen LogP contribution >= 0.6 is 0 Å². The van der Waals surface area contributed by atoms with Gasteiger partial charge in [-0.25, -0.2) is 8.78 Å². The Morgan fingerprint density at radius 3 is 2.47 bits per heavy atom. The van der Waals surface area contributed by atoms with Gasteiger partial charge in [0.05, 0.1) is 35.3 Å². The topological polar surface area (TPSA) is 64.4 Å². The zero-order valence-corrected chi connectivity index (χ0v) is 9.94. The fourth-order valence-electron chi connectivity index (χ4n) is 2.78. The molecule has 102 valence electrons. The molecule has 2 fully saturated rings. The highest BCUT2D eigenvalue weighted by Gasteiger charge is 2.41. The molecule has 3 atom stereocenters. The number of hydrogen-bond donors (Lipinski definition) is 1. The van der Waals surface area contributed by atoms with E-state index < -0.39 is 22.2 Å². The van der Waals surface area contributed by atoms with Gasteiger partial charge in [-0.2, -0.15) is 0 Å². The lowest BCUT2D eigenvalue weighted by Gasteiger charge is -2.21. The summed E-state index contributed by atoms with van der Waals surface area (Å²) in [7, 11) is 0. The van der Waals surface area contributed by atoms with Crippen molar-refractivity contribution in [2.24, 2.45) is 0 Å². The van der Waals surface area contributed by atoms with E-state index in [1.165, 1.54) is 0 Å². The summed E-state index contributed by atoms with van der Waals surface area (Å²) in [4.78, 5) is 9.67. The lowest BCUT2D eigenvalue weighted by molar-refractivity contribution is -0.385. The number of rotatable bonds is 3. The number of ether oxygens (including phenoxy) is 1. The zero-order chi connectivity index (χ0) is 13.6. The van der Waals surface area contributed by atoms with Crippen molar-refractivity contribution < 1.29 is 18.4 Å². The molecule has 0 aromatic heterocycles. The molecule has 3 unspecified atom stereocenters. The van der Waals surface area contributed by atoms with Gasteiger partial charge in [0, 0.05) is 0 Å². The standard InChI is InChI=1S/C12H12F2N2O3/c13-8-3-6(16(17)18)4-9(14)12(8)15-10-5-7-1-2-11(10)19-7/h3-4,7,10-11,15H,1-2,5H2. The van der Waals surface area contributed by atoms with Gasteiger partial charge in [-0.05, 0) is 19.3 Å². The second-order valence-electron chi connectivity index (χ2n) is 4.90. The Kier molecular flexibility index (Phi) is 2.85. The summed E-state index contributed by atoms with van der Waals surface area (Å²) < 4.78 is 33.0. The molecule has 5 nitrogen and oxygen atoms in total. The Hall–Kier alpha value is -1.76. The van der Waals surface area contributed by atoms with Gasteiger partial charge in [0.25, 0.3) is 5.69 Å². The molecule has 0 saturated carbocycles. The highest BCUT2D eigenvalue weighted by molar-refractivity contribution is 5.52. The van der Waals surface area contributed by atoms with Crippen molar-refractivity contribution in [2.45, 2.75) is 37.5 Å². The Bertz CT molecular complexity index is 515. The normalized spacial score (nSPS) is 28.6. The van der Waals surface area contributed by atoms with Crippen LogP contribution in [0, 0.1) is 21.7 Å². The molecule has 0 amide bonds. The quantitative estimate of drug-likeness (QED) is 0.677. The number of nitrogens with zero attached hydrogens (tertiary/aromatic N) is 1. The second kappa shape index (κ2) is 4.41. The molecule has 2 heterocycles. The minimum atomic E-state index is -0.950. The van der Waals surface area contributed by atoms with E-state index in [1.54, 1.807) is 0 Å². The van der Waals surface area contributed by atoms with Crippen LogP contribution in [0.25, 0.3) is 0 Å². The minimum Gasteiger partial charge on any atom is -0.375 e. The average Bonchev–Trinajstić information content (AvgIpc) is 2.95. The fourth-order valence-corrected chi connectivity index (χ4v) is 2.78. The number of nitrogens with one attached hydrogen (secondary N) is 1. The van der Waals surface area contributed by atoms with Crippen LogP contribution in [0.5, 0.6) is 0 Å². The van der Waals surface area contributed by atoms with Gasteiger partial charge in [-0.1, -0.05) is 0 Å². The van der Waals surface area contributed by atoms with Crippen LogP contribution in [0.4, 0.5) is 20.2 Å². The van der Waals surface area contributed by atoms with E-state index in [4.69, 9.17) is 4.74 Å². The first kappa shape index (κ1) is 12.3. The van der Waals surface area contributed by atoms with E-state index in [0.29, 0.717) is 6.42 Å². The summed E-state index contributed by atoms with van der Waals surface area (Å²) in [5.74, 6) is -1.90. The summed E-state index contributed by atoms with van der Waals surface area (Å²) in [6, 6.07) is 1.31. The number of nitro groups is 1. The Labute approximate surface area is 107 Å². The highest BCUT2D eigenvalue weighted by Crippen LogP contribution is 2.37. The third-order valence-electron chi connectivity index (χ3n) is 3.67. The number of nitro benzene ring substituents is 1. The molecular formula is C12H12F2N2O3. The molecular weight excluding hydrogens is 258 g/mol. The Balaban J connectivity index is 1.83. The van der Waals surface area contributed by atoms with E-state index in [2.05, 4.69) is 5.32 Å². The van der Waals surface area contributed by atoms with E-state index in [1.807, 2.05) is 0 Å². The summed E-state index contributed by atoms with van der Waals surface area (Å²) in [5.41, 5.74) is -0.906. The molecule has 1 N–H and O–H groups in total. The van der Waals surface area contributed by atoms with Gasteiger partial charge >= 0.3 is 0 Å². The molecule has 3 rings (SSSR count). The second-order valence-corrected chi connectivity index (χ2v) is 4.90. The van der Waals surface area contributed by atoms with Gasteiger partial charge in [0.15, 0.2) is 11.6 Å². The Morgan fingerprint density at radius 2 is 2.00 bits per heavy atom. The van der Waals surface area contributed by atoms with Crippen LogP contribution in [0.15, 0.2) is 12.1 Å². The van der Waals surface area contributed by atoms with Crippen LogP contribution in [0.3, 0.4) is 0 Å². The molecule has 2 aliphatic heterocycles. The van der Waals surface area contributed by atoms with Crippen molar-refractivity contribution >= 4 is 11.4 Å². The van der Waals surface area contributed by atoms with Gasteiger partial charge in [-0.15, -0.1) is 0 Å². The number of anilines is 1. The SMILES string of the molecule is O=[N+]([O-])c1cc(F)c(NC2CC3CCC2O3)c(F)c1. The molecule has 2 aliphatic rings. The third kappa shape index (κ3) is 2.14. The maximum absolute atomic E-state index is 13.7. The third-order valence-corrected chi connectivity index (χ3v) is 3.67. The number of hydrogen-bond acceptors (Lipinski definition) is 4. The lowest BCUT2D eigenvalue weighted by Crippen LogP contribution is -2.31. The Morgan fingerprint density at radius 1 is 1.32 bits per heavy atom. The van der Waals surface area contributed by atoms with Crippen LogP contribution in [0.1, 0.15) is 19.3 Å². The van der Waals surface area contributed by atoms with Crippen molar-refractivity contribution in [1.82, 2.24) is 0 Å². The van der Waals surface area contributed by atoms with Crippen LogP contribution in [-0.4, -0.2) is 23.2 Å². The molecule has 0 aliphatic carbocycles. The first-order valence-electron chi connectivity index (χ1n) is 6.10. The highest BCUT2D eigenvalue weighted by atomic mass is 19.1. The van der Waals surface area contributed by atoms with Crippen LogP contribution in [0.2, 0.25) is 0 Å². The zero-order valence-electron chi connectivity index (χ0n) is 9.94. The first-order chi connectivity index (χ1) is 9.04. The first-order valence-corrected chi connectivity index (χ1v) is 6.10. The number of benzene rings is 1. The molecule has 2 saturated heterocycles. The summed E-state index contributed by atoms with van der Waals surface area (Å²) >= 11 is 0. The summed E-state index contributed by atoms with van der Waals surface area (Å²) in [6.45, 7) is 0. The smallest absolute Gasteiger partial charge is 0.275 e. The lowest BCUT2D eigenvalue weighted by atomic mass is 9.95. The molecule has 0 radical (unpaired) electrons.